The molecule has 3 N–H and O–H groups in total. The second-order valence-corrected chi connectivity index (χ2v) is 3.99. The molecule has 2 unspecified atom stereocenters. The van der Waals surface area contributed by atoms with Crippen LogP contribution in [-0.2, 0) is 4.74 Å². The smallest absolute Gasteiger partial charge is 0.0700 e. The Balaban J connectivity index is 2.45. The molecule has 0 aliphatic carbocycles. The van der Waals surface area contributed by atoms with Crippen LogP contribution in [-0.4, -0.2) is 47.7 Å². The van der Waals surface area contributed by atoms with Crippen LogP contribution in [0, 0.1) is 0 Å². The molecule has 1 saturated heterocycles. The van der Waals surface area contributed by atoms with E-state index in [1.54, 1.807) is 6.92 Å². The Morgan fingerprint density at radius 2 is 2.08 bits per heavy atom. The minimum atomic E-state index is -0.591. The van der Waals surface area contributed by atoms with Gasteiger partial charge in [0.15, 0.2) is 0 Å². The lowest BCUT2D eigenvalue weighted by Gasteiger charge is -2.31. The first-order valence-electron chi connectivity index (χ1n) is 4.72. The Morgan fingerprint density at radius 1 is 1.46 bits per heavy atom. The molecule has 78 valence electrons. The van der Waals surface area contributed by atoms with E-state index in [-0.39, 0.29) is 25.4 Å². The van der Waals surface area contributed by atoms with Gasteiger partial charge in [-0.3, -0.25) is 0 Å². The molecule has 0 aromatic carbocycles. The van der Waals surface area contributed by atoms with Gasteiger partial charge >= 0.3 is 0 Å². The number of nitrogens with one attached hydrogen (secondary N) is 1. The molecular weight excluding hydrogens is 170 g/mol. The van der Waals surface area contributed by atoms with E-state index in [4.69, 9.17) is 14.9 Å². The van der Waals surface area contributed by atoms with Crippen molar-refractivity contribution >= 4 is 0 Å². The van der Waals surface area contributed by atoms with Crippen molar-refractivity contribution in [3.8, 4) is 0 Å². The van der Waals surface area contributed by atoms with Gasteiger partial charge in [-0.15, -0.1) is 0 Å². The molecule has 2 atom stereocenters. The van der Waals surface area contributed by atoms with E-state index in [9.17, 15) is 0 Å². The highest BCUT2D eigenvalue weighted by atomic mass is 16.5. The van der Waals surface area contributed by atoms with Crippen molar-refractivity contribution in [2.45, 2.75) is 38.0 Å². The zero-order valence-electron chi connectivity index (χ0n) is 8.29. The van der Waals surface area contributed by atoms with Gasteiger partial charge in [0.05, 0.1) is 24.9 Å². The van der Waals surface area contributed by atoms with E-state index < -0.39 is 5.54 Å². The van der Waals surface area contributed by atoms with Crippen molar-refractivity contribution in [3.63, 3.8) is 0 Å². The van der Waals surface area contributed by atoms with E-state index in [1.165, 1.54) is 0 Å². The standard InChI is InChI=1S/C9H19NO3/c1-7-8(3-4-13-7)10-9(2,5-11)6-12/h7-8,10-12H,3-6H2,1-2H3. The van der Waals surface area contributed by atoms with Gasteiger partial charge in [0, 0.05) is 12.6 Å². The molecule has 0 aromatic rings. The summed E-state index contributed by atoms with van der Waals surface area (Å²) in [4.78, 5) is 0. The molecule has 0 saturated carbocycles. The fourth-order valence-electron chi connectivity index (χ4n) is 1.51. The first-order valence-corrected chi connectivity index (χ1v) is 4.72. The molecule has 4 nitrogen and oxygen atoms in total. The molecule has 4 heteroatoms. The van der Waals surface area contributed by atoms with Crippen molar-refractivity contribution in [2.75, 3.05) is 19.8 Å². The summed E-state index contributed by atoms with van der Waals surface area (Å²) >= 11 is 0. The lowest BCUT2D eigenvalue weighted by Crippen LogP contribution is -2.55. The molecule has 0 aromatic heterocycles. The zero-order chi connectivity index (χ0) is 9.90. The Bertz CT molecular complexity index is 159. The Kier molecular flexibility index (Phi) is 3.67. The molecule has 0 amide bonds. The minimum Gasteiger partial charge on any atom is -0.394 e. The van der Waals surface area contributed by atoms with Crippen molar-refractivity contribution in [2.24, 2.45) is 0 Å². The van der Waals surface area contributed by atoms with E-state index in [0.29, 0.717) is 0 Å². The zero-order valence-corrected chi connectivity index (χ0v) is 8.29. The monoisotopic (exact) mass is 189 g/mol. The Hall–Kier alpha value is -0.160. The maximum absolute atomic E-state index is 9.07. The van der Waals surface area contributed by atoms with Gasteiger partial charge in [-0.1, -0.05) is 0 Å². The summed E-state index contributed by atoms with van der Waals surface area (Å²) in [6.07, 6.45) is 1.11. The van der Waals surface area contributed by atoms with Gasteiger partial charge in [0.2, 0.25) is 0 Å². The summed E-state index contributed by atoms with van der Waals surface area (Å²) in [5.74, 6) is 0. The summed E-state index contributed by atoms with van der Waals surface area (Å²) < 4.78 is 5.37. The third-order valence-electron chi connectivity index (χ3n) is 2.61. The summed E-state index contributed by atoms with van der Waals surface area (Å²) in [7, 11) is 0. The maximum atomic E-state index is 9.07. The third kappa shape index (κ3) is 2.64. The first-order chi connectivity index (χ1) is 6.11. The molecule has 1 rings (SSSR count). The van der Waals surface area contributed by atoms with E-state index in [1.807, 2.05) is 6.92 Å². The SMILES string of the molecule is CC1OCCC1NC(C)(CO)CO. The van der Waals surface area contributed by atoms with Gasteiger partial charge in [-0.2, -0.15) is 0 Å². The molecule has 1 fully saturated rings. The van der Waals surface area contributed by atoms with Crippen LogP contribution in [0.1, 0.15) is 20.3 Å². The van der Waals surface area contributed by atoms with Crippen LogP contribution in [0.2, 0.25) is 0 Å². The number of hydrogen-bond donors (Lipinski definition) is 3. The highest BCUT2D eigenvalue weighted by Gasteiger charge is 2.31. The van der Waals surface area contributed by atoms with Gasteiger partial charge < -0.3 is 20.3 Å². The summed E-state index contributed by atoms with van der Waals surface area (Å²) in [5.41, 5.74) is -0.591. The summed E-state index contributed by atoms with van der Waals surface area (Å²) in [6, 6.07) is 0.240. The quantitative estimate of drug-likeness (QED) is 0.558. The maximum Gasteiger partial charge on any atom is 0.0700 e. The number of aliphatic hydroxyl groups is 2. The van der Waals surface area contributed by atoms with E-state index in [2.05, 4.69) is 5.32 Å². The van der Waals surface area contributed by atoms with Crippen LogP contribution >= 0.6 is 0 Å². The average Bonchev–Trinajstić information content (AvgIpc) is 2.52. The predicted molar refractivity (Wildman–Crippen MR) is 49.5 cm³/mol. The Morgan fingerprint density at radius 3 is 2.46 bits per heavy atom. The molecule has 0 bridgehead atoms. The fourth-order valence-corrected chi connectivity index (χ4v) is 1.51. The molecule has 1 heterocycles. The molecule has 0 spiro atoms. The second-order valence-electron chi connectivity index (χ2n) is 3.99. The number of rotatable bonds is 4. The van der Waals surface area contributed by atoms with Gasteiger partial charge in [0.25, 0.3) is 0 Å². The van der Waals surface area contributed by atoms with Crippen LogP contribution in [0.3, 0.4) is 0 Å². The van der Waals surface area contributed by atoms with Gasteiger partial charge in [0.1, 0.15) is 0 Å². The van der Waals surface area contributed by atoms with Crippen LogP contribution < -0.4 is 5.32 Å². The van der Waals surface area contributed by atoms with Crippen LogP contribution in [0.25, 0.3) is 0 Å². The van der Waals surface area contributed by atoms with Crippen molar-refractivity contribution < 1.29 is 14.9 Å². The number of ether oxygens (including phenoxy) is 1. The van der Waals surface area contributed by atoms with Crippen LogP contribution in [0.5, 0.6) is 0 Å². The van der Waals surface area contributed by atoms with Gasteiger partial charge in [-0.25, -0.2) is 0 Å². The normalized spacial score (nSPS) is 29.5. The van der Waals surface area contributed by atoms with Crippen molar-refractivity contribution in [1.82, 2.24) is 5.32 Å². The predicted octanol–water partition coefficient (Wildman–Crippen LogP) is -0.503. The second kappa shape index (κ2) is 4.37. The topological polar surface area (TPSA) is 61.7 Å². The first kappa shape index (κ1) is 10.9. The molecule has 0 radical (unpaired) electrons. The van der Waals surface area contributed by atoms with E-state index >= 15 is 0 Å². The number of aliphatic hydroxyl groups excluding tert-OH is 2. The lowest BCUT2D eigenvalue weighted by atomic mass is 10.0. The van der Waals surface area contributed by atoms with Crippen molar-refractivity contribution in [1.29, 1.82) is 0 Å². The van der Waals surface area contributed by atoms with Gasteiger partial charge in [-0.05, 0) is 20.3 Å². The third-order valence-corrected chi connectivity index (χ3v) is 2.61. The molecule has 13 heavy (non-hydrogen) atoms. The lowest BCUT2D eigenvalue weighted by molar-refractivity contribution is 0.0694. The molecule has 1 aliphatic heterocycles. The molecule has 1 aliphatic rings. The fraction of sp³-hybridized carbons (Fsp3) is 1.00. The Labute approximate surface area is 78.9 Å². The van der Waals surface area contributed by atoms with Crippen molar-refractivity contribution in [3.05, 3.63) is 0 Å². The van der Waals surface area contributed by atoms with Crippen LogP contribution in [0.4, 0.5) is 0 Å². The number of hydrogen-bond acceptors (Lipinski definition) is 4. The van der Waals surface area contributed by atoms with Crippen LogP contribution in [0.15, 0.2) is 0 Å². The minimum absolute atomic E-state index is 0.0628. The summed E-state index contributed by atoms with van der Waals surface area (Å²) in [6.45, 7) is 4.43. The highest BCUT2D eigenvalue weighted by molar-refractivity contribution is 4.89. The highest BCUT2D eigenvalue weighted by Crippen LogP contribution is 2.16. The largest absolute Gasteiger partial charge is 0.394 e. The van der Waals surface area contributed by atoms with E-state index in [0.717, 1.165) is 13.0 Å². The molecular formula is C9H19NO3. The summed E-state index contributed by atoms with van der Waals surface area (Å²) in [5, 5.41) is 21.4. The average molecular weight is 189 g/mol.